The van der Waals surface area contributed by atoms with Crippen LogP contribution in [0.3, 0.4) is 0 Å². The van der Waals surface area contributed by atoms with Gasteiger partial charge in [0.05, 0.1) is 5.01 Å². The number of nitrogens with zero attached hydrogens (tertiary/aromatic N) is 2. The molecule has 0 bridgehead atoms. The molecule has 1 N–H and O–H groups in total. The van der Waals surface area contributed by atoms with Gasteiger partial charge in [-0.15, -0.1) is 11.3 Å². The van der Waals surface area contributed by atoms with E-state index in [0.29, 0.717) is 11.8 Å². The summed E-state index contributed by atoms with van der Waals surface area (Å²) in [5, 5.41) is 11.5. The van der Waals surface area contributed by atoms with Crippen molar-refractivity contribution in [3.63, 3.8) is 0 Å². The van der Waals surface area contributed by atoms with Crippen molar-refractivity contribution in [3.05, 3.63) is 16.1 Å². The first-order valence-corrected chi connectivity index (χ1v) is 7.35. The van der Waals surface area contributed by atoms with Crippen LogP contribution >= 0.6 is 11.3 Å². The van der Waals surface area contributed by atoms with Gasteiger partial charge in [0, 0.05) is 17.8 Å². The van der Waals surface area contributed by atoms with Gasteiger partial charge in [-0.05, 0) is 31.8 Å². The number of hydrogen-bond acceptors (Lipinski definition) is 4. The van der Waals surface area contributed by atoms with Gasteiger partial charge in [0.2, 0.25) is 0 Å². The van der Waals surface area contributed by atoms with E-state index < -0.39 is 5.97 Å². The summed E-state index contributed by atoms with van der Waals surface area (Å²) in [7, 11) is 0. The first kappa shape index (κ1) is 13.5. The lowest BCUT2D eigenvalue weighted by atomic mass is 9.97. The van der Waals surface area contributed by atoms with Gasteiger partial charge in [0.25, 0.3) is 0 Å². The quantitative estimate of drug-likeness (QED) is 0.912. The van der Waals surface area contributed by atoms with Crippen LogP contribution in [-0.2, 0) is 0 Å². The number of hydrogen-bond donors (Lipinski definition) is 1. The summed E-state index contributed by atoms with van der Waals surface area (Å²) in [4.78, 5) is 17.5. The average Bonchev–Trinajstić information content (AvgIpc) is 2.78. The summed E-state index contributed by atoms with van der Waals surface area (Å²) >= 11 is 1.49. The SMILES string of the molecule is CC(C)CN1CCC(c2nc(C(=O)O)cs2)CC1. The highest BCUT2D eigenvalue weighted by molar-refractivity contribution is 7.09. The lowest BCUT2D eigenvalue weighted by Gasteiger charge is -2.32. The monoisotopic (exact) mass is 268 g/mol. The summed E-state index contributed by atoms with van der Waals surface area (Å²) in [5.41, 5.74) is 0.194. The van der Waals surface area contributed by atoms with E-state index in [9.17, 15) is 4.79 Å². The van der Waals surface area contributed by atoms with Crippen LogP contribution in [0.25, 0.3) is 0 Å². The summed E-state index contributed by atoms with van der Waals surface area (Å²) in [6.07, 6.45) is 2.19. The third-order valence-corrected chi connectivity index (χ3v) is 4.31. The molecule has 0 spiro atoms. The van der Waals surface area contributed by atoms with Crippen LogP contribution in [-0.4, -0.2) is 40.6 Å². The highest BCUT2D eigenvalue weighted by Crippen LogP contribution is 2.30. The van der Waals surface area contributed by atoms with Gasteiger partial charge in [-0.3, -0.25) is 0 Å². The number of piperidine rings is 1. The molecule has 0 aliphatic carbocycles. The molecule has 4 nitrogen and oxygen atoms in total. The molecule has 1 aliphatic rings. The van der Waals surface area contributed by atoms with Crippen LogP contribution in [0.2, 0.25) is 0 Å². The van der Waals surface area contributed by atoms with Crippen LogP contribution in [0, 0.1) is 5.92 Å². The normalized spacial score (nSPS) is 18.4. The van der Waals surface area contributed by atoms with Crippen LogP contribution < -0.4 is 0 Å². The molecular weight excluding hydrogens is 248 g/mol. The standard InChI is InChI=1S/C13H20N2O2S/c1-9(2)7-15-5-3-10(4-6-15)12-14-11(8-18-12)13(16)17/h8-10H,3-7H2,1-2H3,(H,16,17). The zero-order valence-electron chi connectivity index (χ0n) is 10.9. The fourth-order valence-electron chi connectivity index (χ4n) is 2.45. The molecule has 100 valence electrons. The molecule has 0 radical (unpaired) electrons. The molecule has 0 saturated carbocycles. The Kier molecular flexibility index (Phi) is 4.35. The van der Waals surface area contributed by atoms with Crippen molar-refractivity contribution in [1.29, 1.82) is 0 Å². The second kappa shape index (κ2) is 5.80. The molecule has 1 aromatic rings. The number of carboxylic acids is 1. The van der Waals surface area contributed by atoms with Crippen molar-refractivity contribution in [2.45, 2.75) is 32.6 Å². The Balaban J connectivity index is 1.90. The van der Waals surface area contributed by atoms with Crippen LogP contribution in [0.4, 0.5) is 0 Å². The van der Waals surface area contributed by atoms with Crippen molar-refractivity contribution in [1.82, 2.24) is 9.88 Å². The van der Waals surface area contributed by atoms with Crippen LogP contribution in [0.5, 0.6) is 0 Å². The van der Waals surface area contributed by atoms with Crippen molar-refractivity contribution in [3.8, 4) is 0 Å². The first-order valence-electron chi connectivity index (χ1n) is 6.47. The molecule has 0 atom stereocenters. The fraction of sp³-hybridized carbons (Fsp3) is 0.692. The number of thiazole rings is 1. The maximum Gasteiger partial charge on any atom is 0.355 e. The van der Waals surface area contributed by atoms with Gasteiger partial charge in [0.1, 0.15) is 0 Å². The predicted molar refractivity (Wildman–Crippen MR) is 72.3 cm³/mol. The Hall–Kier alpha value is -0.940. The van der Waals surface area contributed by atoms with E-state index in [-0.39, 0.29) is 5.69 Å². The van der Waals surface area contributed by atoms with E-state index >= 15 is 0 Å². The molecule has 0 unspecified atom stereocenters. The molecule has 18 heavy (non-hydrogen) atoms. The van der Waals surface area contributed by atoms with Crippen molar-refractivity contribution < 1.29 is 9.90 Å². The minimum absolute atomic E-state index is 0.194. The third-order valence-electron chi connectivity index (χ3n) is 3.30. The van der Waals surface area contributed by atoms with E-state index in [4.69, 9.17) is 5.11 Å². The van der Waals surface area contributed by atoms with E-state index in [2.05, 4.69) is 23.7 Å². The Morgan fingerprint density at radius 1 is 1.56 bits per heavy atom. The number of likely N-dealkylation sites (tertiary alicyclic amines) is 1. The van der Waals surface area contributed by atoms with Crippen LogP contribution in [0.1, 0.15) is 48.1 Å². The number of aromatic nitrogens is 1. The molecule has 2 rings (SSSR count). The smallest absolute Gasteiger partial charge is 0.355 e. The summed E-state index contributed by atoms with van der Waals surface area (Å²) in [5.74, 6) is 0.237. The van der Waals surface area contributed by atoms with E-state index in [0.717, 1.165) is 37.5 Å². The Morgan fingerprint density at radius 3 is 2.72 bits per heavy atom. The number of carboxylic acid groups (broad SMARTS) is 1. The Morgan fingerprint density at radius 2 is 2.22 bits per heavy atom. The molecule has 2 heterocycles. The Bertz CT molecular complexity index is 409. The third kappa shape index (κ3) is 3.29. The van der Waals surface area contributed by atoms with Crippen molar-refractivity contribution >= 4 is 17.3 Å². The summed E-state index contributed by atoms with van der Waals surface area (Å²) in [6, 6.07) is 0. The molecule has 1 saturated heterocycles. The van der Waals surface area contributed by atoms with Gasteiger partial charge in [-0.2, -0.15) is 0 Å². The van der Waals surface area contributed by atoms with Gasteiger partial charge >= 0.3 is 5.97 Å². The largest absolute Gasteiger partial charge is 0.476 e. The van der Waals surface area contributed by atoms with E-state index in [1.54, 1.807) is 5.38 Å². The second-order valence-corrected chi connectivity index (χ2v) is 6.23. The van der Waals surface area contributed by atoms with Crippen molar-refractivity contribution in [2.75, 3.05) is 19.6 Å². The average molecular weight is 268 g/mol. The number of rotatable bonds is 4. The molecule has 1 aromatic heterocycles. The summed E-state index contributed by atoms with van der Waals surface area (Å²) in [6.45, 7) is 7.85. The van der Waals surface area contributed by atoms with E-state index in [1.165, 1.54) is 11.3 Å². The first-order chi connectivity index (χ1) is 8.56. The second-order valence-electron chi connectivity index (χ2n) is 5.34. The van der Waals surface area contributed by atoms with Gasteiger partial charge in [-0.25, -0.2) is 9.78 Å². The minimum atomic E-state index is -0.922. The van der Waals surface area contributed by atoms with Gasteiger partial charge < -0.3 is 10.0 Å². The lowest BCUT2D eigenvalue weighted by Crippen LogP contribution is -2.35. The van der Waals surface area contributed by atoms with Gasteiger partial charge in [0.15, 0.2) is 5.69 Å². The highest BCUT2D eigenvalue weighted by Gasteiger charge is 2.23. The number of carbonyl (C=O) groups is 1. The molecule has 1 aliphatic heterocycles. The van der Waals surface area contributed by atoms with E-state index in [1.807, 2.05) is 0 Å². The topological polar surface area (TPSA) is 53.4 Å². The molecule has 1 fully saturated rings. The molecular formula is C13H20N2O2S. The fourth-order valence-corrected chi connectivity index (χ4v) is 3.42. The zero-order chi connectivity index (χ0) is 13.1. The predicted octanol–water partition coefficient (Wildman–Crippen LogP) is 2.68. The van der Waals surface area contributed by atoms with Crippen molar-refractivity contribution in [2.24, 2.45) is 5.92 Å². The highest BCUT2D eigenvalue weighted by atomic mass is 32.1. The number of aromatic carboxylic acids is 1. The van der Waals surface area contributed by atoms with Gasteiger partial charge in [-0.1, -0.05) is 13.8 Å². The molecule has 5 heteroatoms. The molecule has 0 amide bonds. The minimum Gasteiger partial charge on any atom is -0.476 e. The maximum atomic E-state index is 10.8. The maximum absolute atomic E-state index is 10.8. The lowest BCUT2D eigenvalue weighted by molar-refractivity contribution is 0.0691. The molecule has 0 aromatic carbocycles. The zero-order valence-corrected chi connectivity index (χ0v) is 11.7. The summed E-state index contributed by atoms with van der Waals surface area (Å²) < 4.78 is 0. The Labute approximate surface area is 112 Å². The van der Waals surface area contributed by atoms with Crippen LogP contribution in [0.15, 0.2) is 5.38 Å².